The molecule has 106 valence electrons. The molecule has 0 aliphatic heterocycles. The number of aliphatic hydroxyl groups excluding tert-OH is 2. The van der Waals surface area contributed by atoms with Gasteiger partial charge in [0.2, 0.25) is 0 Å². The third-order valence-electron chi connectivity index (χ3n) is 1.64. The van der Waals surface area contributed by atoms with Crippen molar-refractivity contribution >= 4 is 0 Å². The zero-order chi connectivity index (χ0) is 13.7. The molecule has 0 heterocycles. The van der Waals surface area contributed by atoms with Gasteiger partial charge in [-0.3, -0.25) is 0 Å². The molecule has 0 aliphatic carbocycles. The van der Waals surface area contributed by atoms with E-state index >= 15 is 0 Å². The van der Waals surface area contributed by atoms with Crippen LogP contribution < -0.4 is 0 Å². The van der Waals surface area contributed by atoms with Crippen molar-refractivity contribution in [1.82, 2.24) is 0 Å². The van der Waals surface area contributed by atoms with Gasteiger partial charge >= 0.3 is 0 Å². The lowest BCUT2D eigenvalue weighted by atomic mass is 10.2. The first-order valence-corrected chi connectivity index (χ1v) is 6.34. The highest BCUT2D eigenvalue weighted by molar-refractivity contribution is 4.59. The Balaban J connectivity index is 0. The molecule has 17 heavy (non-hydrogen) atoms. The minimum atomic E-state index is -0.357. The van der Waals surface area contributed by atoms with Crippen molar-refractivity contribution in [1.29, 1.82) is 0 Å². The van der Waals surface area contributed by atoms with Gasteiger partial charge in [0.05, 0.1) is 31.5 Å². The van der Waals surface area contributed by atoms with Crippen molar-refractivity contribution in [2.45, 2.75) is 59.2 Å². The summed E-state index contributed by atoms with van der Waals surface area (Å²) in [6.45, 7) is 11.6. The summed E-state index contributed by atoms with van der Waals surface area (Å²) in [5.74, 6) is 0. The molecule has 4 heteroatoms. The van der Waals surface area contributed by atoms with Crippen LogP contribution in [0.2, 0.25) is 0 Å². The van der Waals surface area contributed by atoms with Crippen molar-refractivity contribution in [3.63, 3.8) is 0 Å². The van der Waals surface area contributed by atoms with E-state index < -0.39 is 0 Å². The van der Waals surface area contributed by atoms with Crippen molar-refractivity contribution < 1.29 is 19.7 Å². The molecule has 0 bridgehead atoms. The van der Waals surface area contributed by atoms with Crippen LogP contribution >= 0.6 is 0 Å². The average Bonchev–Trinajstić information content (AvgIpc) is 2.22. The maximum atomic E-state index is 8.79. The Morgan fingerprint density at radius 2 is 1.76 bits per heavy atom. The van der Waals surface area contributed by atoms with Gasteiger partial charge in [-0.2, -0.15) is 0 Å². The van der Waals surface area contributed by atoms with Gasteiger partial charge < -0.3 is 19.7 Å². The Bertz CT molecular complexity index is 135. The molecule has 0 amide bonds. The maximum Gasteiger partial charge on any atom is 0.0745 e. The Morgan fingerprint density at radius 1 is 1.18 bits per heavy atom. The van der Waals surface area contributed by atoms with Gasteiger partial charge in [0, 0.05) is 6.61 Å². The van der Waals surface area contributed by atoms with Gasteiger partial charge in [-0.15, -0.1) is 0 Å². The molecule has 0 aromatic heterocycles. The molecule has 1 unspecified atom stereocenters. The lowest BCUT2D eigenvalue weighted by Crippen LogP contribution is -2.24. The number of hydrogen-bond donors (Lipinski definition) is 2. The molecule has 0 aromatic carbocycles. The Morgan fingerprint density at radius 3 is 2.06 bits per heavy atom. The van der Waals surface area contributed by atoms with Crippen LogP contribution in [0.15, 0.2) is 0 Å². The van der Waals surface area contributed by atoms with Crippen LogP contribution in [0.3, 0.4) is 0 Å². The number of rotatable bonds is 7. The maximum absolute atomic E-state index is 8.79. The molecular weight excluding hydrogens is 220 g/mol. The van der Waals surface area contributed by atoms with Gasteiger partial charge in [-0.05, 0) is 34.1 Å². The fourth-order valence-corrected chi connectivity index (χ4v) is 0.784. The standard InChI is InChI=1S/C7H16O2.C6H14O2/c1-6(8)5-9-7(2,3)4;1-2-3-5-8-6-4-7/h6,8H,5H2,1-4H3;7H,2-6H2,1H3. The molecule has 2 N–H and O–H groups in total. The van der Waals surface area contributed by atoms with Crippen molar-refractivity contribution in [2.24, 2.45) is 0 Å². The summed E-state index contributed by atoms with van der Waals surface area (Å²) in [5.41, 5.74) is -0.128. The topological polar surface area (TPSA) is 58.9 Å². The second-order valence-corrected chi connectivity index (χ2v) is 4.96. The normalized spacial score (nSPS) is 12.9. The van der Waals surface area contributed by atoms with E-state index in [1.165, 1.54) is 0 Å². The highest BCUT2D eigenvalue weighted by Crippen LogP contribution is 2.06. The second kappa shape index (κ2) is 12.3. The van der Waals surface area contributed by atoms with Crippen LogP contribution in [-0.2, 0) is 9.47 Å². The third kappa shape index (κ3) is 25.8. The van der Waals surface area contributed by atoms with Gasteiger partial charge in [0.1, 0.15) is 0 Å². The summed E-state index contributed by atoms with van der Waals surface area (Å²) < 4.78 is 10.2. The van der Waals surface area contributed by atoms with Gasteiger partial charge in [0.15, 0.2) is 0 Å². The van der Waals surface area contributed by atoms with Crippen LogP contribution in [0.25, 0.3) is 0 Å². The third-order valence-corrected chi connectivity index (χ3v) is 1.64. The molecule has 0 aromatic rings. The van der Waals surface area contributed by atoms with E-state index in [1.807, 2.05) is 20.8 Å². The molecule has 1 atom stereocenters. The molecule has 0 saturated carbocycles. The summed E-state index contributed by atoms with van der Waals surface area (Å²) in [5, 5.41) is 17.0. The molecule has 4 nitrogen and oxygen atoms in total. The largest absolute Gasteiger partial charge is 0.394 e. The highest BCUT2D eigenvalue weighted by atomic mass is 16.5. The summed E-state index contributed by atoms with van der Waals surface area (Å²) in [6, 6.07) is 0. The number of unbranched alkanes of at least 4 members (excludes halogenated alkanes) is 1. The Hall–Kier alpha value is -0.160. The molecule has 0 spiro atoms. The fraction of sp³-hybridized carbons (Fsp3) is 1.00. The minimum absolute atomic E-state index is 0.128. The Kier molecular flexibility index (Phi) is 13.9. The zero-order valence-electron chi connectivity index (χ0n) is 12.0. The molecule has 0 fully saturated rings. The van der Waals surface area contributed by atoms with Crippen LogP contribution in [0, 0.1) is 0 Å². The lowest BCUT2D eigenvalue weighted by molar-refractivity contribution is -0.0436. The molecule has 0 saturated heterocycles. The summed E-state index contributed by atoms with van der Waals surface area (Å²) in [6.07, 6.45) is 1.90. The van der Waals surface area contributed by atoms with Crippen molar-refractivity contribution in [3.8, 4) is 0 Å². The smallest absolute Gasteiger partial charge is 0.0745 e. The lowest BCUT2D eigenvalue weighted by Gasteiger charge is -2.20. The molecular formula is C13H30O4. The van der Waals surface area contributed by atoms with Crippen LogP contribution in [-0.4, -0.2) is 48.3 Å². The quantitative estimate of drug-likeness (QED) is 0.678. The van der Waals surface area contributed by atoms with E-state index in [2.05, 4.69) is 6.92 Å². The van der Waals surface area contributed by atoms with Crippen LogP contribution in [0.1, 0.15) is 47.5 Å². The fourth-order valence-electron chi connectivity index (χ4n) is 0.784. The highest BCUT2D eigenvalue weighted by Gasteiger charge is 2.10. The Labute approximate surface area is 106 Å². The van der Waals surface area contributed by atoms with E-state index in [9.17, 15) is 0 Å². The van der Waals surface area contributed by atoms with Crippen LogP contribution in [0.4, 0.5) is 0 Å². The first-order chi connectivity index (χ1) is 7.83. The molecule has 0 aliphatic rings. The summed E-state index contributed by atoms with van der Waals surface area (Å²) in [7, 11) is 0. The number of aliphatic hydroxyl groups is 2. The van der Waals surface area contributed by atoms with Crippen LogP contribution in [0.5, 0.6) is 0 Å². The second-order valence-electron chi connectivity index (χ2n) is 4.96. The molecule has 0 rings (SSSR count). The summed E-state index contributed by atoms with van der Waals surface area (Å²) in [4.78, 5) is 0. The van der Waals surface area contributed by atoms with Crippen molar-refractivity contribution in [2.75, 3.05) is 26.4 Å². The summed E-state index contributed by atoms with van der Waals surface area (Å²) >= 11 is 0. The van der Waals surface area contributed by atoms with Crippen molar-refractivity contribution in [3.05, 3.63) is 0 Å². The monoisotopic (exact) mass is 250 g/mol. The molecule has 0 radical (unpaired) electrons. The van der Waals surface area contributed by atoms with E-state index in [0.29, 0.717) is 13.2 Å². The minimum Gasteiger partial charge on any atom is -0.394 e. The van der Waals surface area contributed by atoms with E-state index in [0.717, 1.165) is 19.4 Å². The van der Waals surface area contributed by atoms with Gasteiger partial charge in [-0.25, -0.2) is 0 Å². The van der Waals surface area contributed by atoms with Gasteiger partial charge in [-0.1, -0.05) is 13.3 Å². The van der Waals surface area contributed by atoms with E-state index in [-0.39, 0.29) is 18.3 Å². The average molecular weight is 250 g/mol. The van der Waals surface area contributed by atoms with Gasteiger partial charge in [0.25, 0.3) is 0 Å². The predicted octanol–water partition coefficient (Wildman–Crippen LogP) is 1.98. The predicted molar refractivity (Wildman–Crippen MR) is 70.2 cm³/mol. The first kappa shape index (κ1) is 19.2. The zero-order valence-corrected chi connectivity index (χ0v) is 12.0. The SMILES string of the molecule is CC(O)COC(C)(C)C.CCCCOCCO. The first-order valence-electron chi connectivity index (χ1n) is 6.34. The number of ether oxygens (including phenoxy) is 2. The number of hydrogen-bond acceptors (Lipinski definition) is 4. The van der Waals surface area contributed by atoms with E-state index in [1.54, 1.807) is 6.92 Å². The van der Waals surface area contributed by atoms with E-state index in [4.69, 9.17) is 19.7 Å².